The average molecular weight is 480 g/mol. The fourth-order valence-electron chi connectivity index (χ4n) is 4.19. The van der Waals surface area contributed by atoms with Crippen LogP contribution < -0.4 is 14.2 Å². The molecule has 2 aliphatic heterocycles. The smallest absolute Gasteiger partial charge is 0.187 e. The quantitative estimate of drug-likeness (QED) is 0.309. The van der Waals surface area contributed by atoms with E-state index in [1.165, 1.54) is 26.4 Å². The molecule has 4 rings (SSSR count). The number of methoxy groups -OCH3 is 2. The minimum atomic E-state index is -1.58. The molecule has 11 nitrogen and oxygen atoms in total. The molecule has 8 atom stereocenters. The van der Waals surface area contributed by atoms with Gasteiger partial charge >= 0.3 is 0 Å². The molecule has 0 aromatic heterocycles. The second-order valence-electron chi connectivity index (χ2n) is 8.12. The van der Waals surface area contributed by atoms with Gasteiger partial charge in [0.15, 0.2) is 12.4 Å². The molecule has 2 aromatic carbocycles. The normalized spacial score (nSPS) is 31.4. The van der Waals surface area contributed by atoms with Crippen LogP contribution in [0.25, 0.3) is 0 Å². The Kier molecular flexibility index (Phi) is 7.14. The Labute approximate surface area is 195 Å². The number of fused-ring (bicyclic) bond motifs is 1. The summed E-state index contributed by atoms with van der Waals surface area (Å²) >= 11 is 0. The zero-order valence-corrected chi connectivity index (χ0v) is 18.5. The summed E-state index contributed by atoms with van der Waals surface area (Å²) in [6.07, 6.45) is -10.9. The summed E-state index contributed by atoms with van der Waals surface area (Å²) in [5, 5.41) is 61.5. The van der Waals surface area contributed by atoms with E-state index in [0.29, 0.717) is 17.1 Å². The zero-order valence-electron chi connectivity index (χ0n) is 18.5. The summed E-state index contributed by atoms with van der Waals surface area (Å²) in [5.41, 5.74) is 0.633. The van der Waals surface area contributed by atoms with Crippen LogP contribution in [0.2, 0.25) is 0 Å². The molecule has 2 heterocycles. The maximum atomic E-state index is 11.2. The summed E-state index contributed by atoms with van der Waals surface area (Å²) in [4.78, 5) is 0. The minimum Gasteiger partial charge on any atom is -0.507 e. The lowest BCUT2D eigenvalue weighted by molar-refractivity contribution is -0.239. The summed E-state index contributed by atoms with van der Waals surface area (Å²) in [5.74, 6) is 0.794. The van der Waals surface area contributed by atoms with Gasteiger partial charge in [-0.1, -0.05) is 12.1 Å². The van der Waals surface area contributed by atoms with Gasteiger partial charge in [-0.2, -0.15) is 0 Å². The van der Waals surface area contributed by atoms with Gasteiger partial charge in [0.05, 0.1) is 26.4 Å². The molecule has 0 spiro atoms. The van der Waals surface area contributed by atoms with Crippen molar-refractivity contribution < 1.29 is 54.3 Å². The molecule has 2 aromatic rings. The third-order valence-corrected chi connectivity index (χ3v) is 6.05. The van der Waals surface area contributed by atoms with Crippen molar-refractivity contribution in [3.05, 3.63) is 47.5 Å². The van der Waals surface area contributed by atoms with E-state index >= 15 is 0 Å². The van der Waals surface area contributed by atoms with Gasteiger partial charge in [0.2, 0.25) is 0 Å². The van der Waals surface area contributed by atoms with E-state index in [4.69, 9.17) is 23.7 Å². The van der Waals surface area contributed by atoms with Gasteiger partial charge in [-0.3, -0.25) is 0 Å². The fraction of sp³-hybridized carbons (Fsp3) is 0.478. The van der Waals surface area contributed by atoms with Gasteiger partial charge in [0.1, 0.15) is 59.6 Å². The molecule has 34 heavy (non-hydrogen) atoms. The summed E-state index contributed by atoms with van der Waals surface area (Å²) in [6, 6.07) is 9.63. The highest BCUT2D eigenvalue weighted by Gasteiger charge is 2.50. The Balaban J connectivity index is 1.70. The third-order valence-electron chi connectivity index (χ3n) is 6.05. The molecule has 0 amide bonds. The number of aliphatic hydroxyl groups is 5. The largest absolute Gasteiger partial charge is 0.507 e. The monoisotopic (exact) mass is 480 g/mol. The molecule has 0 unspecified atom stereocenters. The fourth-order valence-corrected chi connectivity index (χ4v) is 4.19. The van der Waals surface area contributed by atoms with E-state index in [-0.39, 0.29) is 17.1 Å². The van der Waals surface area contributed by atoms with Crippen LogP contribution in [-0.2, 0) is 9.47 Å². The molecule has 186 valence electrons. The van der Waals surface area contributed by atoms with Gasteiger partial charge < -0.3 is 54.3 Å². The number of rotatable bonds is 7. The Bertz CT molecular complexity index is 982. The molecule has 0 radical (unpaired) electrons. The molecular weight excluding hydrogens is 452 g/mol. The van der Waals surface area contributed by atoms with Crippen molar-refractivity contribution in [1.82, 2.24) is 0 Å². The zero-order chi connectivity index (χ0) is 24.6. The average Bonchev–Trinajstić information content (AvgIpc) is 3.13. The number of hydrogen-bond donors (Lipinski definition) is 6. The predicted molar refractivity (Wildman–Crippen MR) is 115 cm³/mol. The van der Waals surface area contributed by atoms with Crippen LogP contribution >= 0.6 is 0 Å². The van der Waals surface area contributed by atoms with Crippen LogP contribution in [0.1, 0.15) is 23.3 Å². The van der Waals surface area contributed by atoms with Crippen LogP contribution in [0.4, 0.5) is 0 Å². The number of aliphatic hydroxyl groups excluding tert-OH is 5. The Hall–Kier alpha value is -2.64. The van der Waals surface area contributed by atoms with Crippen LogP contribution in [0.15, 0.2) is 36.4 Å². The number of aromatic hydroxyl groups is 1. The maximum Gasteiger partial charge on any atom is 0.187 e. The number of hydrogen-bond acceptors (Lipinski definition) is 11. The van der Waals surface area contributed by atoms with Crippen LogP contribution in [0.3, 0.4) is 0 Å². The molecule has 2 aliphatic rings. The molecule has 6 N–H and O–H groups in total. The molecule has 0 saturated carbocycles. The first-order valence-corrected chi connectivity index (χ1v) is 10.6. The van der Waals surface area contributed by atoms with Crippen LogP contribution in [0, 0.1) is 0 Å². The van der Waals surface area contributed by atoms with Crippen molar-refractivity contribution in [2.45, 2.75) is 49.0 Å². The van der Waals surface area contributed by atoms with E-state index in [2.05, 4.69) is 0 Å². The lowest BCUT2D eigenvalue weighted by atomic mass is 9.91. The summed E-state index contributed by atoms with van der Waals surface area (Å²) in [7, 11) is 2.95. The highest BCUT2D eigenvalue weighted by Crippen LogP contribution is 2.49. The van der Waals surface area contributed by atoms with Crippen LogP contribution in [0.5, 0.6) is 23.0 Å². The Morgan fingerprint density at radius 2 is 1.65 bits per heavy atom. The van der Waals surface area contributed by atoms with E-state index in [0.717, 1.165) is 0 Å². The van der Waals surface area contributed by atoms with E-state index < -0.39 is 55.6 Å². The van der Waals surface area contributed by atoms with Crippen molar-refractivity contribution in [3.63, 3.8) is 0 Å². The Morgan fingerprint density at radius 1 is 0.971 bits per heavy atom. The minimum absolute atomic E-state index is 0.0514. The second-order valence-corrected chi connectivity index (χ2v) is 8.12. The van der Waals surface area contributed by atoms with Crippen molar-refractivity contribution >= 4 is 0 Å². The van der Waals surface area contributed by atoms with Crippen LogP contribution in [-0.4, -0.2) is 88.3 Å². The van der Waals surface area contributed by atoms with E-state index in [1.54, 1.807) is 24.3 Å². The van der Waals surface area contributed by atoms with Gasteiger partial charge in [-0.25, -0.2) is 0 Å². The lowest BCUT2D eigenvalue weighted by Gasteiger charge is -2.39. The predicted octanol–water partition coefficient (Wildman–Crippen LogP) is -0.238. The van der Waals surface area contributed by atoms with Crippen molar-refractivity contribution in [2.24, 2.45) is 0 Å². The molecule has 1 saturated heterocycles. The van der Waals surface area contributed by atoms with Gasteiger partial charge in [-0.15, -0.1) is 0 Å². The number of benzene rings is 2. The molecular formula is C23H28O11. The lowest BCUT2D eigenvalue weighted by Crippen LogP contribution is -2.43. The SMILES string of the molecule is COc1ccc([C@@H]2Oc3cc(OC)cc(O)c3[C@H](O)[C@H]2O[C@H]2O[C@@H]([C@H](O)CO)[C@@H](O)[C@@H]2O)cc1. The number of ether oxygens (including phenoxy) is 5. The van der Waals surface area contributed by atoms with Crippen molar-refractivity contribution in [3.8, 4) is 23.0 Å². The molecule has 1 fully saturated rings. The second kappa shape index (κ2) is 9.92. The van der Waals surface area contributed by atoms with Gasteiger partial charge in [0, 0.05) is 12.1 Å². The summed E-state index contributed by atoms with van der Waals surface area (Å²) in [6.45, 7) is -0.701. The molecule has 0 aliphatic carbocycles. The van der Waals surface area contributed by atoms with Gasteiger partial charge in [-0.05, 0) is 17.7 Å². The molecule has 11 heteroatoms. The van der Waals surface area contributed by atoms with E-state index in [9.17, 15) is 30.6 Å². The number of phenols is 1. The molecule has 0 bridgehead atoms. The topological polar surface area (TPSA) is 168 Å². The standard InChI is InChI=1S/C23H28O11/c1-30-11-5-3-10(4-6-11)20-22(34-23-19(29)18(28)21(33-23)14(26)9-24)17(27)16-13(25)7-12(31-2)8-15(16)32-20/h3-8,14,17-29H,9H2,1-2H3/t14-,17+,18+,19+,20+,21+,22-,23-/m1/s1. The van der Waals surface area contributed by atoms with Crippen molar-refractivity contribution in [1.29, 1.82) is 0 Å². The van der Waals surface area contributed by atoms with Crippen molar-refractivity contribution in [2.75, 3.05) is 20.8 Å². The third kappa shape index (κ3) is 4.39. The first-order valence-electron chi connectivity index (χ1n) is 10.6. The summed E-state index contributed by atoms with van der Waals surface area (Å²) < 4.78 is 27.8. The highest BCUT2D eigenvalue weighted by molar-refractivity contribution is 5.53. The van der Waals surface area contributed by atoms with E-state index in [1.807, 2.05) is 0 Å². The highest BCUT2D eigenvalue weighted by atomic mass is 16.7. The first kappa shape index (κ1) is 24.5. The first-order chi connectivity index (χ1) is 16.3. The van der Waals surface area contributed by atoms with Gasteiger partial charge in [0.25, 0.3) is 0 Å². The number of phenolic OH excluding ortho intramolecular Hbond substituents is 1. The Morgan fingerprint density at radius 3 is 2.26 bits per heavy atom. The maximum absolute atomic E-state index is 11.2.